The highest BCUT2D eigenvalue weighted by Gasteiger charge is 2.48. The van der Waals surface area contributed by atoms with Gasteiger partial charge in [-0.25, -0.2) is 8.42 Å². The number of piperidine rings is 1. The Labute approximate surface area is 201 Å². The number of unbranched alkanes of at least 4 members (excludes halogenated alkanes) is 1. The summed E-state index contributed by atoms with van der Waals surface area (Å²) >= 11 is 0. The molecular weight excluding hydrogens is 456 g/mol. The number of sulfonamides is 1. The summed E-state index contributed by atoms with van der Waals surface area (Å²) in [4.78, 5) is 26.5. The molecule has 1 saturated heterocycles. The topological polar surface area (TPSA) is 157 Å². The van der Waals surface area contributed by atoms with Gasteiger partial charge in [0.15, 0.2) is 5.96 Å². The van der Waals surface area contributed by atoms with Crippen LogP contribution in [-0.2, 0) is 19.6 Å². The van der Waals surface area contributed by atoms with Crippen LogP contribution in [0.2, 0.25) is 0 Å². The lowest BCUT2D eigenvalue weighted by Crippen LogP contribution is -2.54. The van der Waals surface area contributed by atoms with Crippen LogP contribution in [0.3, 0.4) is 0 Å². The number of carbonyl (C=O) groups is 2. The molecule has 1 aliphatic carbocycles. The first-order valence-electron chi connectivity index (χ1n) is 11.8. The number of amides is 2. The standard InChI is InChI=1S/C23H35N6O4S/c24-22(25)27-15-7-6-14-26-20(30)23(12-4-5-13-23)21(31)28-18-10-16-29(17-11-18)34(32,33)19-8-2-1-3-9-19/h1-3,8-9,14,18H,4-7,10-13,15-17H2,(H,26,30)(H,28,31)(H4,24,25,27). The molecule has 1 heterocycles. The van der Waals surface area contributed by atoms with Gasteiger partial charge in [0.2, 0.25) is 21.8 Å². The monoisotopic (exact) mass is 491 g/mol. The fourth-order valence-electron chi connectivity index (χ4n) is 4.57. The van der Waals surface area contributed by atoms with Crippen LogP contribution in [0, 0.1) is 17.4 Å². The lowest BCUT2D eigenvalue weighted by molar-refractivity contribution is -0.143. The van der Waals surface area contributed by atoms with Crippen molar-refractivity contribution in [2.45, 2.75) is 62.3 Å². The summed E-state index contributed by atoms with van der Waals surface area (Å²) < 4.78 is 27.1. The van der Waals surface area contributed by atoms with E-state index in [-0.39, 0.29) is 28.7 Å². The van der Waals surface area contributed by atoms with Crippen molar-refractivity contribution in [1.82, 2.24) is 20.3 Å². The molecule has 0 aromatic heterocycles. The lowest BCUT2D eigenvalue weighted by Gasteiger charge is -2.34. The van der Waals surface area contributed by atoms with Crippen molar-refractivity contribution >= 4 is 27.8 Å². The van der Waals surface area contributed by atoms with Gasteiger partial charge < -0.3 is 21.7 Å². The van der Waals surface area contributed by atoms with Gasteiger partial charge in [0, 0.05) is 32.2 Å². The number of rotatable bonds is 10. The fourth-order valence-corrected chi connectivity index (χ4v) is 6.06. The molecule has 0 spiro atoms. The molecule has 11 heteroatoms. The zero-order chi connectivity index (χ0) is 24.6. The summed E-state index contributed by atoms with van der Waals surface area (Å²) in [5.41, 5.74) is 4.15. The Hall–Kier alpha value is -2.66. The molecule has 0 unspecified atom stereocenters. The maximum Gasteiger partial charge on any atom is 0.243 e. The Morgan fingerprint density at radius 2 is 1.76 bits per heavy atom. The Kier molecular flexibility index (Phi) is 8.90. The number of nitrogens with zero attached hydrogens (tertiary/aromatic N) is 1. The fraction of sp³-hybridized carbons (Fsp3) is 0.565. The van der Waals surface area contributed by atoms with Crippen LogP contribution >= 0.6 is 0 Å². The van der Waals surface area contributed by atoms with Gasteiger partial charge in [0.25, 0.3) is 0 Å². The zero-order valence-corrected chi connectivity index (χ0v) is 20.2. The SMILES string of the molecule is N=C(N)NCCC[CH]NC(=O)C1(C(=O)NC2CCN(S(=O)(=O)c3ccccc3)CC2)CCCC1. The number of benzene rings is 1. The smallest absolute Gasteiger partial charge is 0.243 e. The molecule has 2 amide bonds. The van der Waals surface area contributed by atoms with E-state index in [4.69, 9.17) is 11.1 Å². The minimum absolute atomic E-state index is 0.0888. The second kappa shape index (κ2) is 11.7. The van der Waals surface area contributed by atoms with E-state index in [0.717, 1.165) is 12.8 Å². The van der Waals surface area contributed by atoms with E-state index in [9.17, 15) is 18.0 Å². The van der Waals surface area contributed by atoms with Crippen LogP contribution < -0.4 is 21.7 Å². The van der Waals surface area contributed by atoms with Gasteiger partial charge in [-0.2, -0.15) is 4.31 Å². The van der Waals surface area contributed by atoms with Gasteiger partial charge >= 0.3 is 0 Å². The van der Waals surface area contributed by atoms with Crippen molar-refractivity contribution in [2.24, 2.45) is 11.1 Å². The summed E-state index contributed by atoms with van der Waals surface area (Å²) in [5.74, 6) is -0.640. The largest absolute Gasteiger partial charge is 0.370 e. The van der Waals surface area contributed by atoms with Crippen LogP contribution in [0.1, 0.15) is 51.4 Å². The third kappa shape index (κ3) is 6.26. The first-order chi connectivity index (χ1) is 16.3. The average Bonchev–Trinajstić information content (AvgIpc) is 3.33. The first-order valence-corrected chi connectivity index (χ1v) is 13.3. The Balaban J connectivity index is 1.50. The van der Waals surface area contributed by atoms with Gasteiger partial charge in [-0.05, 0) is 50.7 Å². The van der Waals surface area contributed by atoms with E-state index in [1.807, 2.05) is 0 Å². The van der Waals surface area contributed by atoms with Crippen LogP contribution in [0.4, 0.5) is 0 Å². The Bertz CT molecular complexity index is 955. The van der Waals surface area contributed by atoms with Crippen LogP contribution in [0.5, 0.6) is 0 Å². The molecule has 1 aromatic carbocycles. The number of guanidine groups is 1. The van der Waals surface area contributed by atoms with E-state index in [1.165, 1.54) is 4.31 Å². The molecule has 1 radical (unpaired) electrons. The number of hydrogen-bond donors (Lipinski definition) is 5. The normalized spacial score (nSPS) is 18.8. The Morgan fingerprint density at radius 1 is 1.12 bits per heavy atom. The number of hydrogen-bond acceptors (Lipinski definition) is 5. The molecule has 1 aliphatic heterocycles. The number of nitrogens with one attached hydrogen (secondary N) is 4. The predicted octanol–water partition coefficient (Wildman–Crippen LogP) is 1.06. The second-order valence-corrected chi connectivity index (χ2v) is 10.9. The first kappa shape index (κ1) is 26.0. The summed E-state index contributed by atoms with van der Waals surface area (Å²) in [6.45, 7) is 2.84. The summed E-state index contributed by atoms with van der Waals surface area (Å²) in [6, 6.07) is 8.19. The zero-order valence-electron chi connectivity index (χ0n) is 19.4. The molecule has 34 heavy (non-hydrogen) atoms. The van der Waals surface area contributed by atoms with Gasteiger partial charge in [-0.15, -0.1) is 0 Å². The molecule has 0 bridgehead atoms. The van der Waals surface area contributed by atoms with Crippen LogP contribution in [0.25, 0.3) is 0 Å². The van der Waals surface area contributed by atoms with Gasteiger partial charge in [0.1, 0.15) is 5.41 Å². The molecule has 2 fully saturated rings. The van der Waals surface area contributed by atoms with Crippen molar-refractivity contribution in [2.75, 3.05) is 19.6 Å². The number of nitrogens with two attached hydrogens (primary N) is 1. The minimum Gasteiger partial charge on any atom is -0.370 e. The molecule has 1 saturated carbocycles. The molecule has 3 rings (SSSR count). The highest BCUT2D eigenvalue weighted by Crippen LogP contribution is 2.39. The highest BCUT2D eigenvalue weighted by atomic mass is 32.2. The van der Waals surface area contributed by atoms with Crippen molar-refractivity contribution in [1.29, 1.82) is 5.41 Å². The second-order valence-electron chi connectivity index (χ2n) is 8.91. The van der Waals surface area contributed by atoms with Gasteiger partial charge in [-0.3, -0.25) is 15.0 Å². The molecule has 10 nitrogen and oxygen atoms in total. The minimum atomic E-state index is -3.55. The molecule has 1 aromatic rings. The van der Waals surface area contributed by atoms with Gasteiger partial charge in [-0.1, -0.05) is 31.0 Å². The van der Waals surface area contributed by atoms with Crippen LogP contribution in [-0.4, -0.2) is 56.2 Å². The quantitative estimate of drug-likeness (QED) is 0.142. The van der Waals surface area contributed by atoms with Crippen molar-refractivity contribution in [3.63, 3.8) is 0 Å². The number of carbonyl (C=O) groups excluding carboxylic acids is 2. The summed E-state index contributed by atoms with van der Waals surface area (Å²) in [5, 5.41) is 15.7. The molecule has 0 atom stereocenters. The third-order valence-electron chi connectivity index (χ3n) is 6.57. The lowest BCUT2D eigenvalue weighted by atomic mass is 9.83. The van der Waals surface area contributed by atoms with E-state index in [2.05, 4.69) is 16.0 Å². The van der Waals surface area contributed by atoms with Crippen LogP contribution in [0.15, 0.2) is 35.2 Å². The molecule has 187 valence electrons. The predicted molar refractivity (Wildman–Crippen MR) is 129 cm³/mol. The Morgan fingerprint density at radius 3 is 2.38 bits per heavy atom. The van der Waals surface area contributed by atoms with Crippen molar-refractivity contribution < 1.29 is 18.0 Å². The average molecular weight is 492 g/mol. The molecule has 2 aliphatic rings. The van der Waals surface area contributed by atoms with E-state index < -0.39 is 15.4 Å². The van der Waals surface area contributed by atoms with Gasteiger partial charge in [0.05, 0.1) is 4.90 Å². The summed E-state index contributed by atoms with van der Waals surface area (Å²) in [7, 11) is -3.55. The molecular formula is C23H35N6O4S. The highest BCUT2D eigenvalue weighted by molar-refractivity contribution is 7.89. The van der Waals surface area contributed by atoms with Crippen molar-refractivity contribution in [3.05, 3.63) is 36.9 Å². The maximum atomic E-state index is 13.2. The molecule has 6 N–H and O–H groups in total. The van der Waals surface area contributed by atoms with E-state index in [0.29, 0.717) is 58.2 Å². The van der Waals surface area contributed by atoms with Crippen molar-refractivity contribution in [3.8, 4) is 0 Å². The van der Waals surface area contributed by atoms with E-state index in [1.54, 1.807) is 36.9 Å². The van der Waals surface area contributed by atoms with E-state index >= 15 is 0 Å². The summed E-state index contributed by atoms with van der Waals surface area (Å²) in [6.07, 6.45) is 4.95. The third-order valence-corrected chi connectivity index (χ3v) is 8.48. The maximum absolute atomic E-state index is 13.2.